The average molecular weight is 449 g/mol. The van der Waals surface area contributed by atoms with E-state index in [-0.39, 0.29) is 17.7 Å². The Morgan fingerprint density at radius 2 is 1.76 bits per heavy atom. The fourth-order valence-electron chi connectivity index (χ4n) is 4.47. The van der Waals surface area contributed by atoms with Gasteiger partial charge in [-0.3, -0.25) is 19.4 Å². The third kappa shape index (κ3) is 5.68. The van der Waals surface area contributed by atoms with E-state index in [0.29, 0.717) is 19.7 Å². The molecule has 1 saturated heterocycles. The monoisotopic (exact) mass is 448 g/mol. The lowest BCUT2D eigenvalue weighted by Crippen LogP contribution is -2.51. The number of aromatic amines is 1. The molecule has 1 fully saturated rings. The number of nitrogens with one attached hydrogen (secondary N) is 2. The summed E-state index contributed by atoms with van der Waals surface area (Å²) in [4.78, 5) is 33.7. The lowest BCUT2D eigenvalue weighted by Gasteiger charge is -2.38. The third-order valence-electron chi connectivity index (χ3n) is 6.21. The number of hydrogen-bond donors (Lipinski definition) is 2. The van der Waals surface area contributed by atoms with Crippen molar-refractivity contribution >= 4 is 22.6 Å². The minimum absolute atomic E-state index is 0.0361. The number of ketones is 1. The van der Waals surface area contributed by atoms with E-state index in [1.807, 2.05) is 60.8 Å². The van der Waals surface area contributed by atoms with Gasteiger partial charge < -0.3 is 15.0 Å². The summed E-state index contributed by atoms with van der Waals surface area (Å²) in [5, 5.41) is 3.90. The molecule has 4 rings (SSSR count). The molecule has 0 spiro atoms. The minimum atomic E-state index is -0.351. The molecule has 1 amide bonds. The molecule has 1 aromatic heterocycles. The zero-order valence-electron chi connectivity index (χ0n) is 19.1. The van der Waals surface area contributed by atoms with Crippen LogP contribution in [0.3, 0.4) is 0 Å². The maximum atomic E-state index is 13.8. The summed E-state index contributed by atoms with van der Waals surface area (Å²) in [6.45, 7) is 4.60. The van der Waals surface area contributed by atoms with Gasteiger partial charge in [0.05, 0.1) is 12.6 Å². The van der Waals surface area contributed by atoms with Crippen LogP contribution in [-0.4, -0.2) is 79.5 Å². The number of hydrogen-bond acceptors (Lipinski definition) is 5. The van der Waals surface area contributed by atoms with E-state index in [4.69, 9.17) is 4.74 Å². The van der Waals surface area contributed by atoms with Gasteiger partial charge in [-0.25, -0.2) is 0 Å². The van der Waals surface area contributed by atoms with Crippen molar-refractivity contribution in [3.05, 3.63) is 71.9 Å². The first-order valence-electron chi connectivity index (χ1n) is 11.5. The van der Waals surface area contributed by atoms with Gasteiger partial charge in [0, 0.05) is 69.1 Å². The van der Waals surface area contributed by atoms with E-state index in [1.54, 1.807) is 7.11 Å². The van der Waals surface area contributed by atoms with E-state index in [9.17, 15) is 9.59 Å². The van der Waals surface area contributed by atoms with Crippen molar-refractivity contribution < 1.29 is 14.3 Å². The topological polar surface area (TPSA) is 77.7 Å². The molecule has 1 aliphatic rings. The predicted molar refractivity (Wildman–Crippen MR) is 129 cm³/mol. The van der Waals surface area contributed by atoms with Crippen LogP contribution in [-0.2, 0) is 9.53 Å². The van der Waals surface area contributed by atoms with Crippen LogP contribution in [0.5, 0.6) is 0 Å². The zero-order valence-corrected chi connectivity index (χ0v) is 19.1. The molecule has 0 radical (unpaired) electrons. The zero-order chi connectivity index (χ0) is 23.0. The van der Waals surface area contributed by atoms with Gasteiger partial charge >= 0.3 is 0 Å². The molecule has 1 unspecified atom stereocenters. The van der Waals surface area contributed by atoms with Gasteiger partial charge in [0.25, 0.3) is 0 Å². The Morgan fingerprint density at radius 3 is 2.52 bits per heavy atom. The van der Waals surface area contributed by atoms with Crippen molar-refractivity contribution in [1.29, 1.82) is 0 Å². The van der Waals surface area contributed by atoms with Gasteiger partial charge in [-0.15, -0.1) is 0 Å². The summed E-state index contributed by atoms with van der Waals surface area (Å²) in [7, 11) is 1.66. The highest BCUT2D eigenvalue weighted by Gasteiger charge is 2.32. The van der Waals surface area contributed by atoms with E-state index in [2.05, 4.69) is 20.1 Å². The normalized spacial score (nSPS) is 16.0. The van der Waals surface area contributed by atoms with Crippen molar-refractivity contribution in [3.8, 4) is 0 Å². The molecule has 0 saturated carbocycles. The first-order valence-corrected chi connectivity index (χ1v) is 11.5. The predicted octanol–water partition coefficient (Wildman–Crippen LogP) is 2.86. The van der Waals surface area contributed by atoms with Crippen molar-refractivity contribution in [3.63, 3.8) is 0 Å². The van der Waals surface area contributed by atoms with Crippen LogP contribution in [0.25, 0.3) is 10.9 Å². The Bertz CT molecular complexity index is 1060. The summed E-state index contributed by atoms with van der Waals surface area (Å²) in [6, 6.07) is 17.5. The molecule has 174 valence electrons. The highest BCUT2D eigenvalue weighted by molar-refractivity contribution is 6.10. The van der Waals surface area contributed by atoms with Crippen LogP contribution in [0.1, 0.15) is 28.4 Å². The summed E-state index contributed by atoms with van der Waals surface area (Å²) in [5.41, 5.74) is 2.68. The number of aromatic nitrogens is 1. The minimum Gasteiger partial charge on any atom is -0.385 e. The molecule has 33 heavy (non-hydrogen) atoms. The second kappa shape index (κ2) is 11.2. The molecule has 2 heterocycles. The standard InChI is InChI=1S/C26H32N4O3/c1-33-17-7-12-27-24(31)19-29-13-15-30(16-14-29)25(20-8-3-2-4-9-20)26(32)22-18-28-23-11-6-5-10-21(22)23/h2-6,8-11,18,25,28H,7,12-17,19H2,1H3,(H,27,31). The number of piperazine rings is 1. The Balaban J connectivity index is 1.44. The lowest BCUT2D eigenvalue weighted by molar-refractivity contribution is -0.122. The third-order valence-corrected chi connectivity index (χ3v) is 6.21. The highest BCUT2D eigenvalue weighted by Crippen LogP contribution is 2.29. The molecular formula is C26H32N4O3. The smallest absolute Gasteiger partial charge is 0.234 e. The maximum Gasteiger partial charge on any atom is 0.234 e. The van der Waals surface area contributed by atoms with Crippen molar-refractivity contribution in [2.75, 3.05) is 53.0 Å². The average Bonchev–Trinajstić information content (AvgIpc) is 3.28. The van der Waals surface area contributed by atoms with Crippen molar-refractivity contribution in [1.82, 2.24) is 20.1 Å². The number of ether oxygens (including phenoxy) is 1. The molecule has 7 heteroatoms. The second-order valence-electron chi connectivity index (χ2n) is 8.43. The van der Waals surface area contributed by atoms with Crippen LogP contribution < -0.4 is 5.32 Å². The van der Waals surface area contributed by atoms with Crippen LogP contribution in [0.4, 0.5) is 0 Å². The molecule has 1 aliphatic heterocycles. The number of amides is 1. The highest BCUT2D eigenvalue weighted by atomic mass is 16.5. The molecule has 1 atom stereocenters. The molecule has 7 nitrogen and oxygen atoms in total. The van der Waals surface area contributed by atoms with Crippen LogP contribution in [0, 0.1) is 0 Å². The number of Topliss-reactive ketones (excluding diaryl/α,β-unsaturated/α-hetero) is 1. The van der Waals surface area contributed by atoms with Crippen LogP contribution in [0.2, 0.25) is 0 Å². The SMILES string of the molecule is COCCCNC(=O)CN1CCN(C(C(=O)c2c[nH]c3ccccc23)c2ccccc2)CC1. The number of nitrogens with zero attached hydrogens (tertiary/aromatic N) is 2. The van der Waals surface area contributed by atoms with Crippen molar-refractivity contribution in [2.24, 2.45) is 0 Å². The molecular weight excluding hydrogens is 416 g/mol. The molecule has 2 N–H and O–H groups in total. The van der Waals surface area contributed by atoms with E-state index in [1.165, 1.54) is 0 Å². The fourth-order valence-corrected chi connectivity index (χ4v) is 4.47. The van der Waals surface area contributed by atoms with Gasteiger partial charge in [0.2, 0.25) is 5.91 Å². The van der Waals surface area contributed by atoms with Crippen LogP contribution in [0.15, 0.2) is 60.8 Å². The Kier molecular flexibility index (Phi) is 7.88. The van der Waals surface area contributed by atoms with Gasteiger partial charge in [-0.1, -0.05) is 48.5 Å². The van der Waals surface area contributed by atoms with Crippen molar-refractivity contribution in [2.45, 2.75) is 12.5 Å². The number of carbonyl (C=O) groups excluding carboxylic acids is 2. The quantitative estimate of drug-likeness (QED) is 0.368. The van der Waals surface area contributed by atoms with E-state index in [0.717, 1.165) is 54.6 Å². The molecule has 0 aliphatic carbocycles. The Morgan fingerprint density at radius 1 is 1.03 bits per heavy atom. The summed E-state index contributed by atoms with van der Waals surface area (Å²) in [5.74, 6) is 0.136. The first kappa shape index (κ1) is 23.2. The molecule has 2 aromatic carbocycles. The number of carbonyl (C=O) groups is 2. The van der Waals surface area contributed by atoms with Gasteiger partial charge in [-0.2, -0.15) is 0 Å². The van der Waals surface area contributed by atoms with Gasteiger partial charge in [-0.05, 0) is 18.1 Å². The number of H-pyrrole nitrogens is 1. The Labute approximate surface area is 194 Å². The Hall–Kier alpha value is -3.00. The van der Waals surface area contributed by atoms with Gasteiger partial charge in [0.1, 0.15) is 0 Å². The largest absolute Gasteiger partial charge is 0.385 e. The number of rotatable bonds is 10. The second-order valence-corrected chi connectivity index (χ2v) is 8.43. The summed E-state index contributed by atoms with van der Waals surface area (Å²) < 4.78 is 5.02. The molecule has 3 aromatic rings. The lowest BCUT2D eigenvalue weighted by atomic mass is 9.95. The number of para-hydroxylation sites is 1. The number of fused-ring (bicyclic) bond motifs is 1. The number of methoxy groups -OCH3 is 1. The summed E-state index contributed by atoms with van der Waals surface area (Å²) in [6.07, 6.45) is 2.64. The fraction of sp³-hybridized carbons (Fsp3) is 0.385. The van der Waals surface area contributed by atoms with E-state index >= 15 is 0 Å². The number of benzene rings is 2. The van der Waals surface area contributed by atoms with Crippen LogP contribution >= 0.6 is 0 Å². The summed E-state index contributed by atoms with van der Waals surface area (Å²) >= 11 is 0. The van der Waals surface area contributed by atoms with E-state index < -0.39 is 0 Å². The molecule has 0 bridgehead atoms. The van der Waals surface area contributed by atoms with Gasteiger partial charge in [0.15, 0.2) is 5.78 Å². The first-order chi connectivity index (χ1) is 16.2. The maximum absolute atomic E-state index is 13.8.